The molecule has 1 amide bonds. The van der Waals surface area contributed by atoms with Gasteiger partial charge in [0.1, 0.15) is 23.3 Å². The average molecular weight is 526 g/mol. The van der Waals surface area contributed by atoms with Crippen molar-refractivity contribution in [3.05, 3.63) is 76.9 Å². The van der Waals surface area contributed by atoms with Crippen LogP contribution in [-0.2, 0) is 4.79 Å². The van der Waals surface area contributed by atoms with Crippen molar-refractivity contribution in [2.45, 2.75) is 51.9 Å². The number of hydrogen-bond acceptors (Lipinski definition) is 8. The van der Waals surface area contributed by atoms with E-state index < -0.39 is 23.7 Å². The molecule has 1 aliphatic rings. The molecule has 0 spiro atoms. The van der Waals surface area contributed by atoms with E-state index in [1.807, 2.05) is 39.8 Å². The lowest BCUT2D eigenvalue weighted by molar-refractivity contribution is -0.110. The zero-order valence-corrected chi connectivity index (χ0v) is 22.2. The Kier molecular flexibility index (Phi) is 6.69. The van der Waals surface area contributed by atoms with E-state index in [1.54, 1.807) is 48.5 Å². The van der Waals surface area contributed by atoms with Gasteiger partial charge in [-0.15, -0.1) is 0 Å². The lowest BCUT2D eigenvalue weighted by Gasteiger charge is -2.22. The van der Waals surface area contributed by atoms with Crippen LogP contribution in [0.3, 0.4) is 0 Å². The molecule has 1 aliphatic heterocycles. The Bertz CT molecular complexity index is 1740. The summed E-state index contributed by atoms with van der Waals surface area (Å²) in [6.07, 6.45) is -1.26. The van der Waals surface area contributed by atoms with Crippen molar-refractivity contribution in [3.63, 3.8) is 0 Å². The van der Waals surface area contributed by atoms with Gasteiger partial charge in [-0.3, -0.25) is 9.79 Å². The van der Waals surface area contributed by atoms with Crippen LogP contribution in [0.25, 0.3) is 21.5 Å². The van der Waals surface area contributed by atoms with Gasteiger partial charge in [-0.2, -0.15) is 5.10 Å². The molecule has 5 N–H and O–H groups in total. The van der Waals surface area contributed by atoms with Crippen LogP contribution in [0.15, 0.2) is 75.7 Å². The molecule has 1 heterocycles. The third-order valence-electron chi connectivity index (χ3n) is 6.50. The number of phenols is 2. The van der Waals surface area contributed by atoms with Crippen molar-refractivity contribution in [3.8, 4) is 11.5 Å². The molecule has 0 aromatic heterocycles. The second-order valence-corrected chi connectivity index (χ2v) is 10.8. The number of aryl methyl sites for hydroxylation is 1. The van der Waals surface area contributed by atoms with E-state index in [4.69, 9.17) is 4.99 Å². The zero-order chi connectivity index (χ0) is 27.9. The number of carbonyl (C=O) groups is 1. The normalized spacial score (nSPS) is 17.3. The molecule has 4 aromatic rings. The fourth-order valence-corrected chi connectivity index (χ4v) is 4.50. The van der Waals surface area contributed by atoms with Crippen molar-refractivity contribution in [1.82, 2.24) is 5.43 Å². The smallest absolute Gasteiger partial charge is 0.271 e. The van der Waals surface area contributed by atoms with Gasteiger partial charge in [0.25, 0.3) is 5.91 Å². The van der Waals surface area contributed by atoms with E-state index in [9.17, 15) is 20.1 Å². The molecule has 39 heavy (non-hydrogen) atoms. The lowest BCUT2D eigenvalue weighted by atomic mass is 9.99. The van der Waals surface area contributed by atoms with Crippen molar-refractivity contribution in [1.29, 1.82) is 0 Å². The summed E-state index contributed by atoms with van der Waals surface area (Å²) in [5.41, 5.74) is 4.39. The number of aliphatic hydroxyl groups excluding tert-OH is 1. The molecule has 2 atom stereocenters. The second-order valence-electron chi connectivity index (χ2n) is 10.8. The van der Waals surface area contributed by atoms with Crippen LogP contribution >= 0.6 is 0 Å². The number of rotatable bonds is 5. The Balaban J connectivity index is 1.58. The Labute approximate surface area is 225 Å². The number of benzene rings is 4. The number of carbonyl (C=O) groups excluding carboxylic acids is 1. The molecule has 0 fully saturated rings. The van der Waals surface area contributed by atoms with Gasteiger partial charge in [-0.25, -0.2) is 4.99 Å². The third kappa shape index (κ3) is 5.26. The van der Waals surface area contributed by atoms with Crippen LogP contribution in [0.2, 0.25) is 0 Å². The van der Waals surface area contributed by atoms with Crippen LogP contribution in [0.1, 0.15) is 32.8 Å². The Morgan fingerprint density at radius 2 is 1.59 bits per heavy atom. The summed E-state index contributed by atoms with van der Waals surface area (Å²) in [4.78, 5) is 22.4. The van der Waals surface area contributed by atoms with Crippen molar-refractivity contribution >= 4 is 38.9 Å². The number of anilines is 1. The molecule has 200 valence electrons. The number of hydrazone groups is 1. The molecule has 5 rings (SSSR count). The minimum atomic E-state index is -1.24. The Morgan fingerprint density at radius 1 is 0.923 bits per heavy atom. The number of nitrogens with one attached hydrogen (secondary N) is 2. The number of nitrogens with zero attached hydrogens (tertiary/aromatic N) is 3. The predicted molar refractivity (Wildman–Crippen MR) is 152 cm³/mol. The first-order valence-corrected chi connectivity index (χ1v) is 12.7. The molecular weight excluding hydrogens is 494 g/mol. The first-order valence-electron chi connectivity index (χ1n) is 12.7. The van der Waals surface area contributed by atoms with Gasteiger partial charge in [0.15, 0.2) is 6.23 Å². The second kappa shape index (κ2) is 9.99. The van der Waals surface area contributed by atoms with Gasteiger partial charge >= 0.3 is 0 Å². The van der Waals surface area contributed by atoms with Crippen LogP contribution in [-0.4, -0.2) is 44.7 Å². The van der Waals surface area contributed by atoms with Crippen molar-refractivity contribution in [2.24, 2.45) is 15.1 Å². The SMILES string of the molecule is Cc1ccc(NC(=O)/C(C[C@H]2N=c3c(ccc4c(O)c5ccccc5c(O)c34)=N[C@H]2O)=N\NC(C)(C)C)cc1. The predicted octanol–water partition coefficient (Wildman–Crippen LogP) is 3.43. The lowest BCUT2D eigenvalue weighted by Crippen LogP contribution is -2.42. The first-order chi connectivity index (χ1) is 18.5. The summed E-state index contributed by atoms with van der Waals surface area (Å²) in [6.45, 7) is 7.72. The largest absolute Gasteiger partial charge is 0.507 e. The van der Waals surface area contributed by atoms with Gasteiger partial charge in [0.2, 0.25) is 0 Å². The van der Waals surface area contributed by atoms with Crippen molar-refractivity contribution in [2.75, 3.05) is 5.32 Å². The van der Waals surface area contributed by atoms with E-state index in [2.05, 4.69) is 20.8 Å². The summed E-state index contributed by atoms with van der Waals surface area (Å²) in [5, 5.41) is 42.7. The van der Waals surface area contributed by atoms with Crippen LogP contribution in [0.5, 0.6) is 11.5 Å². The zero-order valence-electron chi connectivity index (χ0n) is 22.2. The number of aromatic hydroxyl groups is 2. The third-order valence-corrected chi connectivity index (χ3v) is 6.50. The fourth-order valence-electron chi connectivity index (χ4n) is 4.50. The molecule has 0 saturated carbocycles. The number of aliphatic hydroxyl groups is 1. The molecule has 0 saturated heterocycles. The molecular formula is C30H31N5O4. The van der Waals surface area contributed by atoms with E-state index in [1.165, 1.54) is 0 Å². The van der Waals surface area contributed by atoms with Crippen LogP contribution in [0, 0.1) is 6.92 Å². The molecule has 9 heteroatoms. The highest BCUT2D eigenvalue weighted by Gasteiger charge is 2.28. The van der Waals surface area contributed by atoms with Gasteiger partial charge in [0, 0.05) is 33.8 Å². The number of fused-ring (bicyclic) bond motifs is 4. The number of hydrogen-bond donors (Lipinski definition) is 5. The molecule has 9 nitrogen and oxygen atoms in total. The van der Waals surface area contributed by atoms with E-state index in [0.29, 0.717) is 37.9 Å². The maximum atomic E-state index is 13.3. The van der Waals surface area contributed by atoms with Crippen molar-refractivity contribution < 1.29 is 20.1 Å². The Morgan fingerprint density at radius 3 is 2.26 bits per heavy atom. The topological polar surface area (TPSA) is 139 Å². The first kappa shape index (κ1) is 26.1. The highest BCUT2D eigenvalue weighted by molar-refractivity contribution is 6.43. The monoisotopic (exact) mass is 525 g/mol. The molecule has 0 radical (unpaired) electrons. The van der Waals surface area contributed by atoms with E-state index >= 15 is 0 Å². The maximum Gasteiger partial charge on any atom is 0.271 e. The minimum absolute atomic E-state index is 0.0215. The number of phenolic OH excluding ortho intramolecular Hbond substituents is 2. The minimum Gasteiger partial charge on any atom is -0.507 e. The standard InChI is InChI=1S/C30H31N5O4/c1-16-9-11-17(12-10-16)31-29(39)23(34-35-30(2,3)4)15-22-28(38)33-21-14-13-20-24(25(21)32-22)27(37)19-8-6-5-7-18(19)26(20)36/h5-14,22,28,35-38H,15H2,1-4H3,(H,31,39)/b34-23-/t22-,28+/m1/s1. The van der Waals surface area contributed by atoms with E-state index in [-0.39, 0.29) is 23.6 Å². The number of amides is 1. The van der Waals surface area contributed by atoms with E-state index in [0.717, 1.165) is 5.56 Å². The van der Waals surface area contributed by atoms with Gasteiger partial charge in [-0.1, -0.05) is 42.0 Å². The molecule has 0 bridgehead atoms. The summed E-state index contributed by atoms with van der Waals surface area (Å²) in [6, 6.07) is 16.8. The molecule has 0 unspecified atom stereocenters. The van der Waals surface area contributed by atoms with Crippen LogP contribution in [0.4, 0.5) is 5.69 Å². The summed E-state index contributed by atoms with van der Waals surface area (Å²) in [7, 11) is 0. The van der Waals surface area contributed by atoms with Gasteiger partial charge in [-0.05, 0) is 52.0 Å². The molecule has 0 aliphatic carbocycles. The Hall–Kier alpha value is -4.50. The highest BCUT2D eigenvalue weighted by Crippen LogP contribution is 2.39. The summed E-state index contributed by atoms with van der Waals surface area (Å²) >= 11 is 0. The maximum absolute atomic E-state index is 13.3. The highest BCUT2D eigenvalue weighted by atomic mass is 16.3. The van der Waals surface area contributed by atoms with Crippen LogP contribution < -0.4 is 21.5 Å². The summed E-state index contributed by atoms with van der Waals surface area (Å²) in [5.74, 6) is -0.453. The summed E-state index contributed by atoms with van der Waals surface area (Å²) < 4.78 is 0. The molecule has 4 aromatic carbocycles. The fraction of sp³-hybridized carbons (Fsp3) is 0.267. The van der Waals surface area contributed by atoms with Gasteiger partial charge in [0.05, 0.1) is 16.1 Å². The average Bonchev–Trinajstić information content (AvgIpc) is 2.90. The van der Waals surface area contributed by atoms with Gasteiger partial charge < -0.3 is 26.1 Å². The quantitative estimate of drug-likeness (QED) is 0.118.